The highest BCUT2D eigenvalue weighted by Gasteiger charge is 2.19. The number of benzene rings is 3. The molecule has 12 nitrogen and oxygen atoms in total. The van der Waals surface area contributed by atoms with Gasteiger partial charge in [-0.2, -0.15) is 0 Å². The third-order valence-corrected chi connectivity index (χ3v) is 13.1. The zero-order chi connectivity index (χ0) is 40.5. The van der Waals surface area contributed by atoms with E-state index in [1.54, 1.807) is 93.1 Å². The highest BCUT2D eigenvalue weighted by molar-refractivity contribution is 7.89. The first-order valence-electron chi connectivity index (χ1n) is 18.2. The fourth-order valence-corrected chi connectivity index (χ4v) is 9.83. The average molecular weight is 823 g/mol. The first-order valence-corrected chi connectivity index (χ1v) is 21.3. The van der Waals surface area contributed by atoms with E-state index in [2.05, 4.69) is 36.0 Å². The molecule has 0 fully saturated rings. The van der Waals surface area contributed by atoms with Gasteiger partial charge in [0.2, 0.25) is 21.6 Å². The van der Waals surface area contributed by atoms with E-state index < -0.39 is 10.0 Å². The summed E-state index contributed by atoms with van der Waals surface area (Å²) in [6, 6.07) is 30.6. The zero-order valence-electron chi connectivity index (χ0n) is 32.0. The number of methoxy groups -OCH3 is 2. The average Bonchev–Trinajstić information content (AvgIpc) is 3.98. The normalized spacial score (nSPS) is 11.2. The number of hydrogen-bond donors (Lipinski definition) is 1. The van der Waals surface area contributed by atoms with Crippen molar-refractivity contribution in [3.8, 4) is 11.5 Å². The number of nitrogens with one attached hydrogen (secondary N) is 1. The lowest BCUT2D eigenvalue weighted by Gasteiger charge is -2.09. The van der Waals surface area contributed by atoms with Crippen LogP contribution in [0.5, 0.6) is 11.5 Å². The molecule has 15 heteroatoms. The smallest absolute Gasteiger partial charge is 0.240 e. The van der Waals surface area contributed by atoms with E-state index in [9.17, 15) is 18.0 Å². The van der Waals surface area contributed by atoms with Crippen molar-refractivity contribution in [3.63, 3.8) is 0 Å². The third kappa shape index (κ3) is 9.65. The highest BCUT2D eigenvalue weighted by atomic mass is 32.2. The van der Waals surface area contributed by atoms with Crippen molar-refractivity contribution >= 4 is 64.7 Å². The molecule has 7 rings (SSSR count). The molecule has 0 saturated carbocycles. The van der Waals surface area contributed by atoms with Gasteiger partial charge in [-0.15, -0.1) is 22.7 Å². The summed E-state index contributed by atoms with van der Waals surface area (Å²) in [5, 5.41) is 5.67. The van der Waals surface area contributed by atoms with E-state index in [0.29, 0.717) is 47.8 Å². The lowest BCUT2D eigenvalue weighted by molar-refractivity contribution is 0.103. The van der Waals surface area contributed by atoms with Gasteiger partial charge in [-0.3, -0.25) is 9.59 Å². The SMILES string of the molecule is COc1ccc(C(=O)c2cc3cc(C)n(CCCN=[N+]=[N-])c3s2)cc1.COc1ccc(C(=O)c2cc3cc(C)n(CCCNS(=O)(=O)c4ccccc4)c3s2)cc1. The van der Waals surface area contributed by atoms with Gasteiger partial charge in [-0.05, 0) is 117 Å². The maximum absolute atomic E-state index is 12.9. The Morgan fingerprint density at radius 2 is 1.19 bits per heavy atom. The number of azide groups is 1. The molecule has 0 amide bonds. The summed E-state index contributed by atoms with van der Waals surface area (Å²) in [5.74, 6) is 1.44. The Hall–Kier alpha value is -5.70. The molecular weight excluding hydrogens is 781 g/mol. The van der Waals surface area contributed by atoms with Crippen molar-refractivity contribution in [1.82, 2.24) is 13.9 Å². The van der Waals surface area contributed by atoms with Crippen molar-refractivity contribution in [1.29, 1.82) is 0 Å². The Balaban J connectivity index is 0.000000199. The number of thiophene rings is 2. The van der Waals surface area contributed by atoms with Crippen LogP contribution in [0.3, 0.4) is 0 Å². The van der Waals surface area contributed by atoms with Crippen molar-refractivity contribution < 1.29 is 27.5 Å². The molecule has 4 heterocycles. The molecule has 0 bridgehead atoms. The summed E-state index contributed by atoms with van der Waals surface area (Å²) in [4.78, 5) is 32.2. The van der Waals surface area contributed by atoms with Crippen LogP contribution in [0.4, 0.5) is 0 Å². The van der Waals surface area contributed by atoms with E-state index in [0.717, 1.165) is 55.4 Å². The summed E-state index contributed by atoms with van der Waals surface area (Å²) < 4.78 is 42.0. The molecule has 0 aliphatic rings. The van der Waals surface area contributed by atoms with Gasteiger partial charge in [0, 0.05) is 64.4 Å². The number of hydrogen-bond acceptors (Lipinski definition) is 9. The number of ketones is 2. The summed E-state index contributed by atoms with van der Waals surface area (Å²) in [6.07, 6.45) is 1.41. The van der Waals surface area contributed by atoms with Crippen molar-refractivity contribution in [2.45, 2.75) is 44.7 Å². The lowest BCUT2D eigenvalue weighted by atomic mass is 10.1. The second-order valence-electron chi connectivity index (χ2n) is 13.1. The van der Waals surface area contributed by atoms with E-state index in [1.165, 1.54) is 22.7 Å². The minimum Gasteiger partial charge on any atom is -0.497 e. The van der Waals surface area contributed by atoms with Crippen LogP contribution < -0.4 is 14.2 Å². The lowest BCUT2D eigenvalue weighted by Crippen LogP contribution is -2.25. The molecule has 0 radical (unpaired) electrons. The molecule has 0 atom stereocenters. The summed E-state index contributed by atoms with van der Waals surface area (Å²) >= 11 is 2.96. The number of carbonyl (C=O) groups excluding carboxylic acids is 2. The minimum absolute atomic E-state index is 0.0159. The van der Waals surface area contributed by atoms with Crippen LogP contribution in [0.25, 0.3) is 30.9 Å². The molecule has 0 aliphatic carbocycles. The fourth-order valence-electron chi connectivity index (χ4n) is 6.37. The number of carbonyl (C=O) groups is 2. The molecule has 3 aromatic carbocycles. The highest BCUT2D eigenvalue weighted by Crippen LogP contribution is 2.32. The Kier molecular flexibility index (Phi) is 13.3. The quantitative estimate of drug-likeness (QED) is 0.0336. The maximum Gasteiger partial charge on any atom is 0.240 e. The van der Waals surface area contributed by atoms with E-state index >= 15 is 0 Å². The van der Waals surface area contributed by atoms with Gasteiger partial charge in [-0.1, -0.05) is 23.3 Å². The van der Waals surface area contributed by atoms with E-state index in [1.807, 2.05) is 26.0 Å². The van der Waals surface area contributed by atoms with Crippen molar-refractivity contribution in [3.05, 3.63) is 146 Å². The molecule has 57 heavy (non-hydrogen) atoms. The number of aromatic nitrogens is 2. The van der Waals surface area contributed by atoms with Crippen LogP contribution in [0, 0.1) is 13.8 Å². The predicted octanol–water partition coefficient (Wildman–Crippen LogP) is 9.57. The largest absolute Gasteiger partial charge is 0.497 e. The van der Waals surface area contributed by atoms with E-state index in [-0.39, 0.29) is 16.5 Å². The number of nitrogens with zero attached hydrogens (tertiary/aromatic N) is 5. The van der Waals surface area contributed by atoms with Crippen LogP contribution in [-0.2, 0) is 23.1 Å². The van der Waals surface area contributed by atoms with Gasteiger partial charge < -0.3 is 18.6 Å². The minimum atomic E-state index is -3.51. The topological polar surface area (TPSA) is 157 Å². The monoisotopic (exact) mass is 822 g/mol. The molecule has 0 aliphatic heterocycles. The molecule has 0 saturated heterocycles. The van der Waals surface area contributed by atoms with Gasteiger partial charge in [0.25, 0.3) is 0 Å². The summed E-state index contributed by atoms with van der Waals surface area (Å²) in [7, 11) is -0.310. The second kappa shape index (κ2) is 18.5. The predicted molar refractivity (Wildman–Crippen MR) is 227 cm³/mol. The Labute approximate surface area is 339 Å². The number of sulfonamides is 1. The Morgan fingerprint density at radius 1 is 0.719 bits per heavy atom. The molecular formula is C42H42N6O6S3. The van der Waals surface area contributed by atoms with Gasteiger partial charge in [0.1, 0.15) is 21.2 Å². The molecule has 4 aromatic heterocycles. The third-order valence-electron chi connectivity index (χ3n) is 9.31. The fraction of sp³-hybridized carbons (Fsp3) is 0.238. The Bertz CT molecular complexity index is 2650. The summed E-state index contributed by atoms with van der Waals surface area (Å²) in [6.45, 7) is 6.30. The van der Waals surface area contributed by atoms with Crippen molar-refractivity contribution in [2.75, 3.05) is 27.3 Å². The molecule has 0 spiro atoms. The number of rotatable bonds is 16. The molecule has 294 valence electrons. The molecule has 7 aromatic rings. The van der Waals surface area contributed by atoms with Crippen LogP contribution in [0.1, 0.15) is 54.7 Å². The first-order chi connectivity index (χ1) is 27.5. The first kappa shape index (κ1) is 40.9. The van der Waals surface area contributed by atoms with Crippen LogP contribution >= 0.6 is 22.7 Å². The van der Waals surface area contributed by atoms with Gasteiger partial charge >= 0.3 is 0 Å². The summed E-state index contributed by atoms with van der Waals surface area (Å²) in [5.41, 5.74) is 11.9. The maximum atomic E-state index is 12.9. The molecule has 1 N–H and O–H groups in total. The Morgan fingerprint density at radius 3 is 1.65 bits per heavy atom. The zero-order valence-corrected chi connectivity index (χ0v) is 34.4. The van der Waals surface area contributed by atoms with E-state index in [4.69, 9.17) is 15.0 Å². The molecule has 0 unspecified atom stereocenters. The van der Waals surface area contributed by atoms with Crippen LogP contribution in [0.15, 0.2) is 113 Å². The standard InChI is InChI=1S/C24H24N2O4S2.C18H18N4O2S/c1-17-15-19-16-22(23(27)18-9-11-20(30-2)12-10-18)31-24(19)26(17)14-6-13-25-32(28,29)21-7-4-3-5-8-21;1-12-10-14-11-16(17(23)13-4-6-15(24-2)7-5-13)25-18(14)22(12)9-3-8-20-21-19/h3-5,7-12,15-16,25H,6,13-14H2,1-2H3;4-7,10-11H,3,8-9H2,1-2H3. The van der Waals surface area contributed by atoms with Crippen molar-refractivity contribution in [2.24, 2.45) is 5.11 Å². The van der Waals surface area contributed by atoms with Gasteiger partial charge in [0.15, 0.2) is 0 Å². The van der Waals surface area contributed by atoms with Gasteiger partial charge in [0.05, 0.1) is 28.9 Å². The number of ether oxygens (including phenoxy) is 2. The number of aryl methyl sites for hydroxylation is 4. The second-order valence-corrected chi connectivity index (χ2v) is 16.9. The van der Waals surface area contributed by atoms with Gasteiger partial charge in [-0.25, -0.2) is 13.1 Å². The van der Waals surface area contributed by atoms with Crippen LogP contribution in [-0.4, -0.2) is 56.4 Å². The number of fused-ring (bicyclic) bond motifs is 2. The van der Waals surface area contributed by atoms with Crippen LogP contribution in [0.2, 0.25) is 0 Å².